The lowest BCUT2D eigenvalue weighted by atomic mass is 10.0. The molecule has 0 aliphatic rings. The monoisotopic (exact) mass is 428 g/mol. The van der Waals surface area contributed by atoms with Crippen molar-refractivity contribution in [1.82, 2.24) is 4.98 Å². The van der Waals surface area contributed by atoms with E-state index in [0.717, 1.165) is 24.4 Å². The molecule has 0 spiro atoms. The molecular formula is C20H11F7N2O. The summed E-state index contributed by atoms with van der Waals surface area (Å²) in [5, 5.41) is 1.32. The van der Waals surface area contributed by atoms with E-state index in [-0.39, 0.29) is 5.69 Å². The maximum atomic E-state index is 14.5. The lowest BCUT2D eigenvalue weighted by Gasteiger charge is -2.15. The molecule has 10 heteroatoms. The van der Waals surface area contributed by atoms with Gasteiger partial charge in [0, 0.05) is 23.5 Å². The van der Waals surface area contributed by atoms with Gasteiger partial charge >= 0.3 is 12.2 Å². The highest BCUT2D eigenvalue weighted by molar-refractivity contribution is 6.01. The van der Waals surface area contributed by atoms with Crippen LogP contribution in [0.2, 0.25) is 0 Å². The van der Waals surface area contributed by atoms with Crippen molar-refractivity contribution in [3.63, 3.8) is 0 Å². The summed E-state index contributed by atoms with van der Waals surface area (Å²) in [6.07, 6.45) is -3.60. The first-order chi connectivity index (χ1) is 14.0. The van der Waals surface area contributed by atoms with E-state index in [9.17, 15) is 35.5 Å². The van der Waals surface area contributed by atoms with Gasteiger partial charge in [0.15, 0.2) is 0 Å². The maximum Gasteiger partial charge on any atom is 0.482 e. The van der Waals surface area contributed by atoms with Crippen molar-refractivity contribution in [1.29, 1.82) is 0 Å². The fourth-order valence-corrected chi connectivity index (χ4v) is 2.62. The van der Waals surface area contributed by atoms with Crippen molar-refractivity contribution < 1.29 is 35.5 Å². The summed E-state index contributed by atoms with van der Waals surface area (Å²) in [4.78, 5) is 15.6. The van der Waals surface area contributed by atoms with E-state index >= 15 is 0 Å². The van der Waals surface area contributed by atoms with Crippen molar-refractivity contribution in [3.8, 4) is 11.1 Å². The van der Waals surface area contributed by atoms with Crippen LogP contribution in [0.1, 0.15) is 16.1 Å². The van der Waals surface area contributed by atoms with Crippen molar-refractivity contribution in [3.05, 3.63) is 83.7 Å². The first-order valence-electron chi connectivity index (χ1n) is 8.27. The molecule has 1 heterocycles. The number of ketones is 1. The zero-order chi connectivity index (χ0) is 22.1. The number of alkyl halides is 5. The van der Waals surface area contributed by atoms with E-state index < -0.39 is 40.9 Å². The first-order valence-corrected chi connectivity index (χ1v) is 8.27. The number of carbonyl (C=O) groups excluding carboxylic acids is 1. The molecule has 0 radical (unpaired) electrons. The molecule has 0 aliphatic carbocycles. The largest absolute Gasteiger partial charge is 0.482 e. The molecule has 1 N–H and O–H groups in total. The van der Waals surface area contributed by atoms with E-state index in [1.165, 1.54) is 23.5 Å². The quantitative estimate of drug-likeness (QED) is 0.311. The molecule has 1 aromatic heterocycles. The third-order valence-corrected chi connectivity index (χ3v) is 4.05. The summed E-state index contributed by atoms with van der Waals surface area (Å²) < 4.78 is 92.4. The molecule has 3 nitrogen and oxygen atoms in total. The number of hydrogen-bond acceptors (Lipinski definition) is 3. The van der Waals surface area contributed by atoms with Gasteiger partial charge in [-0.2, -0.15) is 22.0 Å². The van der Waals surface area contributed by atoms with Gasteiger partial charge in [0.1, 0.15) is 17.3 Å². The van der Waals surface area contributed by atoms with Crippen LogP contribution in [0.15, 0.2) is 60.8 Å². The third kappa shape index (κ3) is 4.58. The molecule has 156 valence electrons. The summed E-state index contributed by atoms with van der Waals surface area (Å²) in [6, 6.07) is 8.58. The summed E-state index contributed by atoms with van der Waals surface area (Å²) in [5.41, 5.74) is -1.47. The van der Waals surface area contributed by atoms with Crippen LogP contribution in [0.3, 0.4) is 0 Å². The zero-order valence-electron chi connectivity index (χ0n) is 14.8. The molecule has 30 heavy (non-hydrogen) atoms. The Morgan fingerprint density at radius 1 is 0.833 bits per heavy atom. The Bertz CT molecular complexity index is 1060. The van der Waals surface area contributed by atoms with Crippen molar-refractivity contribution in [2.75, 3.05) is 5.32 Å². The standard InChI is InChI=1S/C20H11F7N2O/c21-13-4-7-15(16(22)9-13)18(30)19(23,24)17-8-3-12(10-28-17)11-1-5-14(6-2-11)29-20(25,26)27/h1-10,29H. The minimum absolute atomic E-state index is 0.214. The fourth-order valence-electron chi connectivity index (χ4n) is 2.62. The highest BCUT2D eigenvalue weighted by Gasteiger charge is 2.44. The lowest BCUT2D eigenvalue weighted by molar-refractivity contribution is -0.0999. The normalized spacial score (nSPS) is 12.0. The first kappa shape index (κ1) is 21.3. The molecule has 0 unspecified atom stereocenters. The molecule has 0 aliphatic heterocycles. The number of halogens is 7. The Hall–Kier alpha value is -3.43. The third-order valence-electron chi connectivity index (χ3n) is 4.05. The Balaban J connectivity index is 1.83. The van der Waals surface area contributed by atoms with Crippen LogP contribution in [-0.2, 0) is 5.92 Å². The number of anilines is 1. The Morgan fingerprint density at radius 3 is 2.00 bits per heavy atom. The van der Waals surface area contributed by atoms with Gasteiger partial charge in [0.2, 0.25) is 5.78 Å². The second kappa shape index (κ2) is 7.77. The number of rotatable bonds is 5. The molecule has 0 bridgehead atoms. The Morgan fingerprint density at radius 2 is 1.47 bits per heavy atom. The SMILES string of the molecule is O=C(c1ccc(F)cc1F)C(F)(F)c1ccc(-c2ccc(NC(F)(F)F)cc2)cn1. The topological polar surface area (TPSA) is 42.0 Å². The average Bonchev–Trinajstić information content (AvgIpc) is 2.67. The van der Waals surface area contributed by atoms with Crippen molar-refractivity contribution in [2.45, 2.75) is 12.2 Å². The second-order valence-electron chi connectivity index (χ2n) is 6.16. The molecule has 3 rings (SSSR count). The highest BCUT2D eigenvalue weighted by atomic mass is 19.4. The maximum absolute atomic E-state index is 14.5. The van der Waals surface area contributed by atoms with Crippen LogP contribution in [0.4, 0.5) is 36.4 Å². The van der Waals surface area contributed by atoms with Crippen LogP contribution in [-0.4, -0.2) is 17.1 Å². The van der Waals surface area contributed by atoms with Gasteiger partial charge in [-0.3, -0.25) is 15.1 Å². The molecule has 0 atom stereocenters. The van der Waals surface area contributed by atoms with E-state index in [2.05, 4.69) is 4.98 Å². The van der Waals surface area contributed by atoms with Gasteiger partial charge < -0.3 is 0 Å². The van der Waals surface area contributed by atoms with Gasteiger partial charge in [0.25, 0.3) is 0 Å². The Labute approximate surface area is 165 Å². The molecule has 0 amide bonds. The number of nitrogens with one attached hydrogen (secondary N) is 1. The van der Waals surface area contributed by atoms with E-state index in [4.69, 9.17) is 0 Å². The van der Waals surface area contributed by atoms with Gasteiger partial charge in [0.05, 0.1) is 5.56 Å². The second-order valence-corrected chi connectivity index (χ2v) is 6.16. The van der Waals surface area contributed by atoms with Gasteiger partial charge in [-0.25, -0.2) is 8.78 Å². The number of hydrogen-bond donors (Lipinski definition) is 1. The number of pyridine rings is 1. The van der Waals surface area contributed by atoms with E-state index in [1.807, 2.05) is 0 Å². The minimum atomic E-state index is -4.60. The summed E-state index contributed by atoms with van der Waals surface area (Å²) >= 11 is 0. The summed E-state index contributed by atoms with van der Waals surface area (Å²) in [5.74, 6) is -8.52. The Kier molecular flexibility index (Phi) is 5.51. The van der Waals surface area contributed by atoms with Crippen LogP contribution < -0.4 is 5.32 Å². The number of nitrogens with zero attached hydrogens (tertiary/aromatic N) is 1. The van der Waals surface area contributed by atoms with Crippen molar-refractivity contribution in [2.24, 2.45) is 0 Å². The van der Waals surface area contributed by atoms with Crippen molar-refractivity contribution >= 4 is 11.5 Å². The fraction of sp³-hybridized carbons (Fsp3) is 0.100. The molecule has 0 saturated heterocycles. The number of carbonyl (C=O) groups is 1. The molecule has 2 aromatic carbocycles. The van der Waals surface area contributed by atoms with Gasteiger partial charge in [-0.1, -0.05) is 18.2 Å². The number of aromatic nitrogens is 1. The van der Waals surface area contributed by atoms with Crippen LogP contribution in [0.5, 0.6) is 0 Å². The van der Waals surface area contributed by atoms with Crippen LogP contribution in [0.25, 0.3) is 11.1 Å². The van der Waals surface area contributed by atoms with E-state index in [1.54, 1.807) is 0 Å². The summed E-state index contributed by atoms with van der Waals surface area (Å²) in [7, 11) is 0. The molecular weight excluding hydrogens is 417 g/mol. The lowest BCUT2D eigenvalue weighted by Crippen LogP contribution is -2.28. The smallest absolute Gasteiger partial charge is 0.298 e. The van der Waals surface area contributed by atoms with E-state index in [0.29, 0.717) is 29.3 Å². The zero-order valence-corrected chi connectivity index (χ0v) is 14.8. The van der Waals surface area contributed by atoms with Gasteiger partial charge in [-0.15, -0.1) is 0 Å². The number of Topliss-reactive ketones (excluding diaryl/α,β-unsaturated/α-hetero) is 1. The minimum Gasteiger partial charge on any atom is -0.298 e. The highest BCUT2D eigenvalue weighted by Crippen LogP contribution is 2.33. The van der Waals surface area contributed by atoms with Crippen LogP contribution >= 0.6 is 0 Å². The van der Waals surface area contributed by atoms with Gasteiger partial charge in [-0.05, 0) is 35.9 Å². The molecule has 3 aromatic rings. The predicted octanol–water partition coefficient (Wildman–Crippen LogP) is 5.93. The average molecular weight is 428 g/mol. The molecule has 0 fully saturated rings. The predicted molar refractivity (Wildman–Crippen MR) is 93.9 cm³/mol. The summed E-state index contributed by atoms with van der Waals surface area (Å²) in [6.45, 7) is 0. The van der Waals surface area contributed by atoms with Crippen LogP contribution in [0, 0.1) is 11.6 Å². The number of benzene rings is 2. The molecule has 0 saturated carbocycles.